The number of halogens is 1. The molecule has 1 fully saturated rings. The maximum Gasteiger partial charge on any atom is 0.129 e. The number of nitrogens with one attached hydrogen (secondary N) is 1. The zero-order valence-corrected chi connectivity index (χ0v) is 13.9. The highest BCUT2D eigenvalue weighted by molar-refractivity contribution is 6.29. The van der Waals surface area contributed by atoms with Gasteiger partial charge < -0.3 is 0 Å². The first-order valence-corrected chi connectivity index (χ1v) is 8.26. The van der Waals surface area contributed by atoms with E-state index < -0.39 is 0 Å². The Morgan fingerprint density at radius 3 is 2.71 bits per heavy atom. The second kappa shape index (κ2) is 5.77. The lowest BCUT2D eigenvalue weighted by Gasteiger charge is -2.12. The van der Waals surface area contributed by atoms with Gasteiger partial charge in [-0.3, -0.25) is 5.10 Å². The van der Waals surface area contributed by atoms with Crippen LogP contribution in [-0.2, 0) is 0 Å². The summed E-state index contributed by atoms with van der Waals surface area (Å²) in [7, 11) is 0. The minimum Gasteiger partial charge on any atom is -0.278 e. The number of hydrogen-bond acceptors (Lipinski definition) is 3. The third kappa shape index (κ3) is 2.68. The number of H-pyrrole nitrogens is 1. The highest BCUT2D eigenvalue weighted by Crippen LogP contribution is 2.42. The Kier molecular flexibility index (Phi) is 3.59. The van der Waals surface area contributed by atoms with Gasteiger partial charge in [-0.05, 0) is 60.7 Å². The molecule has 4 nitrogen and oxygen atoms in total. The van der Waals surface area contributed by atoms with Crippen LogP contribution in [0.25, 0.3) is 22.4 Å². The fourth-order valence-corrected chi connectivity index (χ4v) is 3.17. The van der Waals surface area contributed by atoms with Gasteiger partial charge in [0.05, 0.1) is 23.5 Å². The van der Waals surface area contributed by atoms with Gasteiger partial charge >= 0.3 is 0 Å². The molecular weight excluding hydrogens is 320 g/mol. The largest absolute Gasteiger partial charge is 0.278 e. The van der Waals surface area contributed by atoms with Gasteiger partial charge in [0.2, 0.25) is 0 Å². The normalized spacial score (nSPS) is 13.7. The molecule has 2 heterocycles. The highest BCUT2D eigenvalue weighted by Gasteiger charge is 2.26. The third-order valence-electron chi connectivity index (χ3n) is 4.37. The fourth-order valence-electron chi connectivity index (χ4n) is 2.95. The summed E-state index contributed by atoms with van der Waals surface area (Å²) in [5.74, 6) is 0.526. The summed E-state index contributed by atoms with van der Waals surface area (Å²) < 4.78 is 0. The van der Waals surface area contributed by atoms with Crippen LogP contribution >= 0.6 is 11.6 Å². The van der Waals surface area contributed by atoms with E-state index in [-0.39, 0.29) is 0 Å². The smallest absolute Gasteiger partial charge is 0.129 e. The Labute approximate surface area is 145 Å². The minimum absolute atomic E-state index is 0.506. The molecule has 2 aromatic heterocycles. The van der Waals surface area contributed by atoms with E-state index >= 15 is 0 Å². The third-order valence-corrected chi connectivity index (χ3v) is 4.56. The Bertz CT molecular complexity index is 964. The van der Waals surface area contributed by atoms with Crippen molar-refractivity contribution in [2.45, 2.75) is 25.7 Å². The van der Waals surface area contributed by atoms with Crippen LogP contribution in [0.15, 0.2) is 36.5 Å². The average Bonchev–Trinajstić information content (AvgIpc) is 3.35. The monoisotopic (exact) mass is 334 g/mol. The Morgan fingerprint density at radius 2 is 2.04 bits per heavy atom. The maximum absolute atomic E-state index is 9.25. The zero-order chi connectivity index (χ0) is 16.7. The van der Waals surface area contributed by atoms with Gasteiger partial charge in [-0.15, -0.1) is 0 Å². The first-order valence-electron chi connectivity index (χ1n) is 7.88. The molecule has 0 amide bonds. The molecule has 5 heteroatoms. The molecule has 0 radical (unpaired) electrons. The lowest BCUT2D eigenvalue weighted by molar-refractivity contribution is 1.02. The van der Waals surface area contributed by atoms with Gasteiger partial charge in [0, 0.05) is 17.2 Å². The minimum atomic E-state index is 0.506. The molecule has 1 aliphatic carbocycles. The molecular formula is C19H15ClN4. The Morgan fingerprint density at radius 1 is 1.21 bits per heavy atom. The van der Waals surface area contributed by atoms with Crippen molar-refractivity contribution in [1.82, 2.24) is 15.2 Å². The van der Waals surface area contributed by atoms with E-state index in [9.17, 15) is 5.26 Å². The van der Waals surface area contributed by atoms with Gasteiger partial charge in [-0.1, -0.05) is 17.7 Å². The van der Waals surface area contributed by atoms with Crippen molar-refractivity contribution >= 4 is 11.6 Å². The molecule has 0 bridgehead atoms. The number of pyridine rings is 1. The Hall–Kier alpha value is -2.64. The first-order chi connectivity index (χ1) is 11.7. The molecule has 0 saturated heterocycles. The molecule has 0 atom stereocenters. The number of nitrogens with zero attached hydrogens (tertiary/aromatic N) is 3. The van der Waals surface area contributed by atoms with Crippen LogP contribution in [0.1, 0.15) is 35.6 Å². The lowest BCUT2D eigenvalue weighted by atomic mass is 9.94. The van der Waals surface area contributed by atoms with E-state index in [1.807, 2.05) is 31.2 Å². The van der Waals surface area contributed by atoms with Gasteiger partial charge in [0.1, 0.15) is 5.15 Å². The molecule has 1 aliphatic rings. The molecule has 0 aliphatic heterocycles. The van der Waals surface area contributed by atoms with Crippen molar-refractivity contribution in [3.05, 3.63) is 58.5 Å². The van der Waals surface area contributed by atoms with E-state index in [0.29, 0.717) is 16.6 Å². The second-order valence-corrected chi connectivity index (χ2v) is 6.57. The molecule has 4 rings (SSSR count). The van der Waals surface area contributed by atoms with Gasteiger partial charge in [0.25, 0.3) is 0 Å². The van der Waals surface area contributed by atoms with E-state index in [1.54, 1.807) is 6.20 Å². The van der Waals surface area contributed by atoms with Crippen molar-refractivity contribution in [3.8, 4) is 28.5 Å². The predicted octanol–water partition coefficient (Wildman–Crippen LogP) is 4.85. The van der Waals surface area contributed by atoms with Crippen molar-refractivity contribution in [2.24, 2.45) is 0 Å². The summed E-state index contributed by atoms with van der Waals surface area (Å²) in [4.78, 5) is 4.46. The summed E-state index contributed by atoms with van der Waals surface area (Å²) in [5.41, 5.74) is 6.61. The SMILES string of the molecule is Cc1cn[nH]c1-c1cc(C#N)ccc1-c1cc(Cl)nc(C2CC2)c1. The molecule has 1 saturated carbocycles. The zero-order valence-electron chi connectivity index (χ0n) is 13.2. The number of nitriles is 1. The number of aromatic amines is 1. The van der Waals surface area contributed by atoms with E-state index in [2.05, 4.69) is 27.3 Å². The number of hydrogen-bond donors (Lipinski definition) is 1. The van der Waals surface area contributed by atoms with Gasteiger partial charge in [-0.2, -0.15) is 10.4 Å². The number of rotatable bonds is 3. The molecule has 1 N–H and O–H groups in total. The lowest BCUT2D eigenvalue weighted by Crippen LogP contribution is -1.93. The quantitative estimate of drug-likeness (QED) is 0.696. The molecule has 3 aromatic rings. The van der Waals surface area contributed by atoms with Gasteiger partial charge in [-0.25, -0.2) is 4.98 Å². The molecule has 24 heavy (non-hydrogen) atoms. The number of aromatic nitrogens is 3. The van der Waals surface area contributed by atoms with Crippen molar-refractivity contribution in [2.75, 3.05) is 0 Å². The Balaban J connectivity index is 1.92. The van der Waals surface area contributed by atoms with Gasteiger partial charge in [0.15, 0.2) is 0 Å². The van der Waals surface area contributed by atoms with Crippen LogP contribution in [0.2, 0.25) is 5.15 Å². The summed E-state index contributed by atoms with van der Waals surface area (Å²) in [6.45, 7) is 2.00. The van der Waals surface area contributed by atoms with E-state index in [0.717, 1.165) is 33.6 Å². The van der Waals surface area contributed by atoms with Crippen molar-refractivity contribution in [3.63, 3.8) is 0 Å². The van der Waals surface area contributed by atoms with E-state index in [1.165, 1.54) is 12.8 Å². The maximum atomic E-state index is 9.25. The molecule has 0 spiro atoms. The van der Waals surface area contributed by atoms with Crippen LogP contribution < -0.4 is 0 Å². The standard InChI is InChI=1S/C19H15ClN4/c1-11-10-22-24-19(11)16-6-12(9-21)2-5-15(16)14-7-17(13-3-4-13)23-18(20)8-14/h2,5-8,10,13H,3-4H2,1H3,(H,22,24). The summed E-state index contributed by atoms with van der Waals surface area (Å²) in [5, 5.41) is 16.9. The average molecular weight is 335 g/mol. The topological polar surface area (TPSA) is 65.4 Å². The second-order valence-electron chi connectivity index (χ2n) is 6.18. The van der Waals surface area contributed by atoms with Crippen LogP contribution in [0, 0.1) is 18.3 Å². The number of aryl methyl sites for hydroxylation is 1. The summed E-state index contributed by atoms with van der Waals surface area (Å²) in [6, 6.07) is 11.9. The molecule has 1 aromatic carbocycles. The van der Waals surface area contributed by atoms with Crippen molar-refractivity contribution < 1.29 is 0 Å². The fraction of sp³-hybridized carbons (Fsp3) is 0.211. The molecule has 0 unspecified atom stereocenters. The molecule has 118 valence electrons. The van der Waals surface area contributed by atoms with Crippen LogP contribution in [0.3, 0.4) is 0 Å². The predicted molar refractivity (Wildman–Crippen MR) is 93.7 cm³/mol. The van der Waals surface area contributed by atoms with Crippen LogP contribution in [0.5, 0.6) is 0 Å². The van der Waals surface area contributed by atoms with E-state index in [4.69, 9.17) is 11.6 Å². The number of benzene rings is 1. The first kappa shape index (κ1) is 14.9. The summed E-state index contributed by atoms with van der Waals surface area (Å²) >= 11 is 6.26. The van der Waals surface area contributed by atoms with Crippen LogP contribution in [0.4, 0.5) is 0 Å². The highest BCUT2D eigenvalue weighted by atomic mass is 35.5. The van der Waals surface area contributed by atoms with Crippen LogP contribution in [-0.4, -0.2) is 15.2 Å². The van der Waals surface area contributed by atoms with Crippen molar-refractivity contribution in [1.29, 1.82) is 5.26 Å². The summed E-state index contributed by atoms with van der Waals surface area (Å²) in [6.07, 6.45) is 4.13.